The number of aliphatic hydroxyl groups is 4. The number of nitrogens with one attached hydrogen (secondary N) is 5. The highest BCUT2D eigenvalue weighted by Gasteiger charge is 2.55. The monoisotopic (exact) mass is 669 g/mol. The Morgan fingerprint density at radius 1 is 1.11 bits per heavy atom. The third kappa shape index (κ3) is 7.86. The predicted molar refractivity (Wildman–Crippen MR) is 170 cm³/mol. The van der Waals surface area contributed by atoms with Crippen molar-refractivity contribution in [2.75, 3.05) is 26.7 Å². The van der Waals surface area contributed by atoms with Crippen molar-refractivity contribution in [1.29, 1.82) is 5.41 Å². The van der Waals surface area contributed by atoms with Gasteiger partial charge in [0.2, 0.25) is 0 Å². The van der Waals surface area contributed by atoms with Crippen LogP contribution in [0.5, 0.6) is 0 Å². The van der Waals surface area contributed by atoms with Crippen LogP contribution < -0.4 is 44.2 Å². The smallest absolute Gasteiger partial charge is 0.252 e. The second-order valence-electron chi connectivity index (χ2n) is 14.5. The van der Waals surface area contributed by atoms with Crippen LogP contribution >= 0.6 is 0 Å². The van der Waals surface area contributed by atoms with Gasteiger partial charge in [-0.1, -0.05) is 0 Å². The number of amides is 1. The second-order valence-corrected chi connectivity index (χ2v) is 14.5. The summed E-state index contributed by atoms with van der Waals surface area (Å²) in [5.74, 6) is -0.451. The van der Waals surface area contributed by atoms with Gasteiger partial charge in [0.15, 0.2) is 12.2 Å². The number of hydrogen-bond acceptors (Lipinski definition) is 14. The Bertz CT molecular complexity index is 1150. The number of ether oxygens (including phenoxy) is 3. The SMILES string of the molecule is CN[C@@H]1[C@@H](O)[C@@H](O[C@H]2[C@H](NC(=O)C3(O)CC(NC(=N)N)C3)C[C@H](N)C([C@H]3OC(CNCC4CC(N)C4)=CC[C@H]3N)[C@@H]2O)OC[C@]1(C)O. The van der Waals surface area contributed by atoms with E-state index >= 15 is 0 Å². The lowest BCUT2D eigenvalue weighted by Crippen LogP contribution is -2.71. The van der Waals surface area contributed by atoms with Crippen LogP contribution in [0.3, 0.4) is 0 Å². The molecule has 0 spiro atoms. The molecule has 0 aromatic rings. The molecule has 0 aromatic carbocycles. The van der Waals surface area contributed by atoms with Gasteiger partial charge in [0.25, 0.3) is 5.91 Å². The van der Waals surface area contributed by atoms with E-state index in [9.17, 15) is 25.2 Å². The fourth-order valence-corrected chi connectivity index (χ4v) is 7.88. The third-order valence-electron chi connectivity index (χ3n) is 10.6. The molecule has 1 saturated heterocycles. The minimum absolute atomic E-state index is 0.0265. The fraction of sp³-hybridized carbons (Fsp3) is 0.867. The molecule has 3 saturated carbocycles. The van der Waals surface area contributed by atoms with E-state index in [1.807, 2.05) is 6.08 Å². The molecule has 5 aliphatic rings. The molecule has 17 heteroatoms. The van der Waals surface area contributed by atoms with Crippen LogP contribution in [0.4, 0.5) is 0 Å². The maximum atomic E-state index is 13.4. The number of likely N-dealkylation sites (N-methyl/N-ethyl adjacent to an activating group) is 1. The highest BCUT2D eigenvalue weighted by molar-refractivity contribution is 5.87. The van der Waals surface area contributed by atoms with Crippen molar-refractivity contribution in [3.05, 3.63) is 11.8 Å². The summed E-state index contributed by atoms with van der Waals surface area (Å²) in [5.41, 5.74) is 21.4. The fourth-order valence-electron chi connectivity index (χ4n) is 7.88. The summed E-state index contributed by atoms with van der Waals surface area (Å²) in [4.78, 5) is 13.4. The molecular formula is C30H55N9O8. The number of nitrogens with two attached hydrogens (primary N) is 4. The maximum Gasteiger partial charge on any atom is 0.252 e. The molecular weight excluding hydrogens is 614 g/mol. The van der Waals surface area contributed by atoms with Gasteiger partial charge in [-0.25, -0.2) is 0 Å². The Morgan fingerprint density at radius 3 is 2.45 bits per heavy atom. The largest absolute Gasteiger partial charge is 0.492 e. The van der Waals surface area contributed by atoms with Gasteiger partial charge in [-0.05, 0) is 58.2 Å². The van der Waals surface area contributed by atoms with Crippen molar-refractivity contribution in [2.45, 2.75) is 124 Å². The van der Waals surface area contributed by atoms with E-state index in [1.54, 1.807) is 7.05 Å². The Balaban J connectivity index is 1.31. The summed E-state index contributed by atoms with van der Waals surface area (Å²) in [6, 6.07) is -2.97. The molecule has 0 bridgehead atoms. The predicted octanol–water partition coefficient (Wildman–Crippen LogP) is -4.68. The van der Waals surface area contributed by atoms with E-state index in [0.29, 0.717) is 24.6 Å². The normalized spacial score (nSPS) is 46.7. The number of aliphatic hydroxyl groups excluding tert-OH is 2. The van der Waals surface area contributed by atoms with E-state index in [-0.39, 0.29) is 43.9 Å². The first-order valence-corrected chi connectivity index (χ1v) is 16.6. The highest BCUT2D eigenvalue weighted by atomic mass is 16.7. The Labute approximate surface area is 275 Å². The summed E-state index contributed by atoms with van der Waals surface area (Å²) < 4.78 is 18.4. The molecule has 3 aliphatic carbocycles. The molecule has 11 atom stereocenters. The lowest BCUT2D eigenvalue weighted by molar-refractivity contribution is -0.297. The summed E-state index contributed by atoms with van der Waals surface area (Å²) in [6.07, 6.45) is -1.20. The number of hydrogen-bond donors (Lipinski definition) is 13. The molecule has 2 heterocycles. The van der Waals surface area contributed by atoms with Crippen molar-refractivity contribution < 1.29 is 39.4 Å². The Kier molecular flexibility index (Phi) is 11.0. The lowest BCUT2D eigenvalue weighted by atomic mass is 9.71. The zero-order chi connectivity index (χ0) is 34.3. The van der Waals surface area contributed by atoms with E-state index in [2.05, 4.69) is 21.3 Å². The highest BCUT2D eigenvalue weighted by Crippen LogP contribution is 2.38. The molecule has 0 radical (unpaired) electrons. The Hall–Kier alpha value is -2.16. The molecule has 268 valence electrons. The van der Waals surface area contributed by atoms with Gasteiger partial charge in [0, 0.05) is 42.9 Å². The second kappa shape index (κ2) is 14.4. The minimum Gasteiger partial charge on any atom is -0.492 e. The number of carbonyl (C=O) groups excluding carboxylic acids is 1. The van der Waals surface area contributed by atoms with Crippen LogP contribution in [-0.2, 0) is 19.0 Å². The zero-order valence-corrected chi connectivity index (χ0v) is 27.2. The van der Waals surface area contributed by atoms with Crippen molar-refractivity contribution in [2.24, 2.45) is 34.8 Å². The number of guanidine groups is 1. The van der Waals surface area contributed by atoms with E-state index in [4.69, 9.17) is 42.6 Å². The molecule has 17 nitrogen and oxygen atoms in total. The lowest BCUT2D eigenvalue weighted by Gasteiger charge is -2.51. The van der Waals surface area contributed by atoms with Crippen LogP contribution in [0.2, 0.25) is 0 Å². The summed E-state index contributed by atoms with van der Waals surface area (Å²) in [7, 11) is 1.59. The number of carbonyl (C=O) groups is 1. The third-order valence-corrected chi connectivity index (χ3v) is 10.6. The summed E-state index contributed by atoms with van der Waals surface area (Å²) in [6.45, 7) is 2.66. The van der Waals surface area contributed by atoms with Crippen LogP contribution in [0.1, 0.15) is 45.4 Å². The standard InChI is InChI=1S/C30H55N9O8/c1-29(43)12-45-26(22(41)25(29)36-2)47-24-19(39-27(42)30(44)8-15(9-30)38-28(34)35)7-18(33)20(21(24)40)23-17(32)4-3-16(46-23)11-37-10-13-5-14(31)6-13/h3,13-15,17-26,36-37,40-41,43-44H,4-12,31-33H2,1-2H3,(H,39,42)(H4,34,35,38)/t13?,14?,15?,17-,18+,19-,20?,21+,22-,23+,24+,25-,26-,29+,30?/m1/s1. The van der Waals surface area contributed by atoms with Gasteiger partial charge in [-0.15, -0.1) is 0 Å². The van der Waals surface area contributed by atoms with Crippen molar-refractivity contribution >= 4 is 11.9 Å². The van der Waals surface area contributed by atoms with E-state index in [1.165, 1.54) is 6.92 Å². The summed E-state index contributed by atoms with van der Waals surface area (Å²) >= 11 is 0. The maximum absolute atomic E-state index is 13.4. The van der Waals surface area contributed by atoms with Crippen molar-refractivity contribution in [3.63, 3.8) is 0 Å². The van der Waals surface area contributed by atoms with Gasteiger partial charge < -0.3 is 78.8 Å². The summed E-state index contributed by atoms with van der Waals surface area (Å²) in [5, 5.41) is 64.1. The average molecular weight is 670 g/mol. The van der Waals surface area contributed by atoms with Crippen LogP contribution in [-0.4, -0.2) is 137 Å². The molecule has 2 aliphatic heterocycles. The molecule has 5 rings (SSSR count). The first kappa shape index (κ1) is 36.1. The quantitative estimate of drug-likeness (QED) is 0.0727. The van der Waals surface area contributed by atoms with Gasteiger partial charge in [0.1, 0.15) is 35.3 Å². The zero-order valence-electron chi connectivity index (χ0n) is 27.2. The van der Waals surface area contributed by atoms with E-state index in [0.717, 1.165) is 19.4 Å². The van der Waals surface area contributed by atoms with Crippen molar-refractivity contribution in [1.82, 2.24) is 21.3 Å². The number of rotatable bonds is 11. The molecule has 17 N–H and O–H groups in total. The average Bonchev–Trinajstić information content (AvgIpc) is 2.95. The first-order valence-electron chi connectivity index (χ1n) is 16.6. The van der Waals surface area contributed by atoms with Gasteiger partial charge in [-0.2, -0.15) is 0 Å². The van der Waals surface area contributed by atoms with Crippen LogP contribution in [0, 0.1) is 17.2 Å². The van der Waals surface area contributed by atoms with Crippen LogP contribution in [0.15, 0.2) is 11.8 Å². The molecule has 1 amide bonds. The van der Waals surface area contributed by atoms with E-state index < -0.39 is 77.9 Å². The van der Waals surface area contributed by atoms with Crippen molar-refractivity contribution in [3.8, 4) is 0 Å². The van der Waals surface area contributed by atoms with Gasteiger partial charge in [0.05, 0.1) is 31.3 Å². The van der Waals surface area contributed by atoms with Gasteiger partial charge >= 0.3 is 0 Å². The molecule has 47 heavy (non-hydrogen) atoms. The molecule has 0 aromatic heterocycles. The first-order chi connectivity index (χ1) is 22.1. The Morgan fingerprint density at radius 2 is 1.81 bits per heavy atom. The van der Waals surface area contributed by atoms with Gasteiger partial charge in [-0.3, -0.25) is 10.2 Å². The topological polar surface area (TPSA) is 302 Å². The molecule has 1 unspecified atom stereocenters. The molecule has 4 fully saturated rings. The van der Waals surface area contributed by atoms with Crippen LogP contribution in [0.25, 0.3) is 0 Å². The minimum atomic E-state index is -1.73.